The Hall–Kier alpha value is -3.40. The van der Waals surface area contributed by atoms with Gasteiger partial charge in [0.25, 0.3) is 0 Å². The molecule has 1 unspecified atom stereocenters. The van der Waals surface area contributed by atoms with Crippen molar-refractivity contribution in [2.75, 3.05) is 11.9 Å². The van der Waals surface area contributed by atoms with Crippen LogP contribution in [0.1, 0.15) is 35.4 Å². The van der Waals surface area contributed by atoms with Gasteiger partial charge in [0.15, 0.2) is 0 Å². The molecule has 0 saturated heterocycles. The van der Waals surface area contributed by atoms with Crippen molar-refractivity contribution in [3.05, 3.63) is 87.0 Å². The first kappa shape index (κ1) is 24.7. The van der Waals surface area contributed by atoms with Crippen LogP contribution in [0.3, 0.4) is 0 Å². The van der Waals surface area contributed by atoms with Crippen LogP contribution in [-0.2, 0) is 14.3 Å². The number of fused-ring (bicyclic) bond motifs is 3. The van der Waals surface area contributed by atoms with Crippen LogP contribution in [0.2, 0.25) is 0 Å². The number of aliphatic carboxylic acids is 1. The van der Waals surface area contributed by atoms with E-state index in [0.717, 1.165) is 31.4 Å². The van der Waals surface area contributed by atoms with Crippen LogP contribution in [0.5, 0.6) is 0 Å². The molecule has 0 bridgehead atoms. The minimum Gasteiger partial charge on any atom is -0.481 e. The zero-order chi connectivity index (χ0) is 24.9. The van der Waals surface area contributed by atoms with Gasteiger partial charge in [-0.05, 0) is 75.9 Å². The van der Waals surface area contributed by atoms with Crippen LogP contribution >= 0.6 is 22.6 Å². The summed E-state index contributed by atoms with van der Waals surface area (Å²) in [5.41, 5.74) is 6.03. The highest BCUT2D eigenvalue weighted by Crippen LogP contribution is 2.44. The summed E-state index contributed by atoms with van der Waals surface area (Å²) in [7, 11) is 0. The second-order valence-corrected chi connectivity index (χ2v) is 9.57. The first-order valence-corrected chi connectivity index (χ1v) is 12.3. The number of aryl methyl sites for hydroxylation is 1. The Morgan fingerprint density at radius 2 is 1.63 bits per heavy atom. The van der Waals surface area contributed by atoms with E-state index in [1.165, 1.54) is 0 Å². The number of nitrogens with one attached hydrogen (secondary N) is 2. The summed E-state index contributed by atoms with van der Waals surface area (Å²) in [6.45, 7) is 2.06. The van der Waals surface area contributed by atoms with Crippen molar-refractivity contribution >= 4 is 46.2 Å². The van der Waals surface area contributed by atoms with E-state index < -0.39 is 24.0 Å². The van der Waals surface area contributed by atoms with Gasteiger partial charge in [-0.15, -0.1) is 0 Å². The minimum absolute atomic E-state index is 0.0612. The fourth-order valence-electron chi connectivity index (χ4n) is 4.22. The van der Waals surface area contributed by atoms with E-state index in [1.807, 2.05) is 67.6 Å². The number of carboxylic acid groups (broad SMARTS) is 1. The SMILES string of the molecule is Cc1ccc(NC(=O)C(CCC(=O)O)NC(=O)OCC2c3ccccc3-c3ccccc32)cc1I. The number of halogens is 1. The number of anilines is 1. The third-order valence-electron chi connectivity index (χ3n) is 6.04. The van der Waals surface area contributed by atoms with Gasteiger partial charge in [0.2, 0.25) is 5.91 Å². The van der Waals surface area contributed by atoms with Crippen LogP contribution in [0.4, 0.5) is 10.5 Å². The maximum absolute atomic E-state index is 12.9. The number of carbonyl (C=O) groups excluding carboxylic acids is 2. The molecule has 0 aromatic heterocycles. The predicted molar refractivity (Wildman–Crippen MR) is 141 cm³/mol. The van der Waals surface area contributed by atoms with Crippen molar-refractivity contribution in [3.63, 3.8) is 0 Å². The molecule has 0 spiro atoms. The standard InChI is InChI=1S/C27H25IN2O5/c1-16-10-11-17(14-23(16)28)29-26(33)24(12-13-25(31)32)30-27(34)35-15-22-20-8-4-2-6-18(20)19-7-3-5-9-21(19)22/h2-11,14,22,24H,12-13,15H2,1H3,(H,29,33)(H,30,34)(H,31,32). The number of hydrogen-bond donors (Lipinski definition) is 3. The average molecular weight is 584 g/mol. The van der Waals surface area contributed by atoms with Crippen LogP contribution in [0.15, 0.2) is 66.7 Å². The van der Waals surface area contributed by atoms with Gasteiger partial charge < -0.3 is 20.5 Å². The Morgan fingerprint density at radius 1 is 1.00 bits per heavy atom. The lowest BCUT2D eigenvalue weighted by Crippen LogP contribution is -2.44. The molecule has 8 heteroatoms. The van der Waals surface area contributed by atoms with Crippen LogP contribution in [-0.4, -0.2) is 35.7 Å². The molecule has 0 fully saturated rings. The van der Waals surface area contributed by atoms with Crippen molar-refractivity contribution in [2.45, 2.75) is 31.7 Å². The highest BCUT2D eigenvalue weighted by molar-refractivity contribution is 14.1. The Balaban J connectivity index is 1.43. The molecule has 3 aromatic rings. The molecule has 3 aromatic carbocycles. The molecule has 4 rings (SSSR count). The molecular weight excluding hydrogens is 559 g/mol. The highest BCUT2D eigenvalue weighted by atomic mass is 127. The van der Waals surface area contributed by atoms with Gasteiger partial charge in [-0.1, -0.05) is 54.6 Å². The Morgan fingerprint density at radius 3 is 2.23 bits per heavy atom. The van der Waals surface area contributed by atoms with Crippen LogP contribution < -0.4 is 10.6 Å². The zero-order valence-corrected chi connectivity index (χ0v) is 21.2. The number of amides is 2. The smallest absolute Gasteiger partial charge is 0.407 e. The first-order valence-electron chi connectivity index (χ1n) is 11.2. The summed E-state index contributed by atoms with van der Waals surface area (Å²) < 4.78 is 6.51. The van der Waals surface area contributed by atoms with Gasteiger partial charge in [0.1, 0.15) is 12.6 Å². The van der Waals surface area contributed by atoms with Crippen molar-refractivity contribution < 1.29 is 24.2 Å². The van der Waals surface area contributed by atoms with Gasteiger partial charge in [0, 0.05) is 21.6 Å². The molecule has 2 amide bonds. The van der Waals surface area contributed by atoms with Crippen molar-refractivity contribution in [1.82, 2.24) is 5.32 Å². The molecule has 1 atom stereocenters. The molecule has 1 aliphatic carbocycles. The molecule has 0 saturated carbocycles. The molecular formula is C27H25IN2O5. The summed E-state index contributed by atoms with van der Waals surface area (Å²) in [6, 6.07) is 20.4. The minimum atomic E-state index is -1.05. The fourth-order valence-corrected chi connectivity index (χ4v) is 4.73. The molecule has 35 heavy (non-hydrogen) atoms. The molecule has 3 N–H and O–H groups in total. The topological polar surface area (TPSA) is 105 Å². The number of hydrogen-bond acceptors (Lipinski definition) is 4. The van der Waals surface area contributed by atoms with E-state index in [4.69, 9.17) is 9.84 Å². The number of carbonyl (C=O) groups is 3. The van der Waals surface area contributed by atoms with Crippen LogP contribution in [0, 0.1) is 10.5 Å². The Labute approximate surface area is 217 Å². The third kappa shape index (κ3) is 5.82. The number of rotatable bonds is 8. The number of ether oxygens (including phenoxy) is 1. The summed E-state index contributed by atoms with van der Waals surface area (Å²) >= 11 is 2.17. The average Bonchev–Trinajstić information content (AvgIpc) is 3.16. The maximum atomic E-state index is 12.9. The number of alkyl carbamates (subject to hydrolysis) is 1. The normalized spacial score (nSPS) is 12.9. The van der Waals surface area contributed by atoms with E-state index in [9.17, 15) is 14.4 Å². The van der Waals surface area contributed by atoms with E-state index in [0.29, 0.717) is 5.69 Å². The molecule has 1 aliphatic rings. The van der Waals surface area contributed by atoms with Gasteiger partial charge in [0.05, 0.1) is 0 Å². The summed E-state index contributed by atoms with van der Waals surface area (Å²) in [6.07, 6.45) is -1.10. The highest BCUT2D eigenvalue weighted by Gasteiger charge is 2.30. The first-order chi connectivity index (χ1) is 16.8. The van der Waals surface area contributed by atoms with Gasteiger partial charge >= 0.3 is 12.1 Å². The second-order valence-electron chi connectivity index (χ2n) is 8.41. The Bertz CT molecular complexity index is 1230. The van der Waals surface area contributed by atoms with E-state index >= 15 is 0 Å². The monoisotopic (exact) mass is 584 g/mol. The lowest BCUT2D eigenvalue weighted by Gasteiger charge is -2.19. The summed E-state index contributed by atoms with van der Waals surface area (Å²) in [4.78, 5) is 36.6. The van der Waals surface area contributed by atoms with E-state index in [-0.39, 0.29) is 25.4 Å². The predicted octanol–water partition coefficient (Wildman–Crippen LogP) is 5.31. The lowest BCUT2D eigenvalue weighted by molar-refractivity contribution is -0.137. The Kier molecular flexibility index (Phi) is 7.70. The van der Waals surface area contributed by atoms with Gasteiger partial charge in [-0.2, -0.15) is 0 Å². The largest absolute Gasteiger partial charge is 0.481 e. The molecule has 180 valence electrons. The molecule has 7 nitrogen and oxygen atoms in total. The summed E-state index contributed by atoms with van der Waals surface area (Å²) in [5.74, 6) is -1.67. The van der Waals surface area contributed by atoms with E-state index in [2.05, 4.69) is 33.2 Å². The number of carboxylic acids is 1. The lowest BCUT2D eigenvalue weighted by atomic mass is 9.98. The van der Waals surface area contributed by atoms with E-state index in [1.54, 1.807) is 6.07 Å². The quantitative estimate of drug-likeness (QED) is 0.312. The van der Waals surface area contributed by atoms with Crippen molar-refractivity contribution in [3.8, 4) is 11.1 Å². The van der Waals surface area contributed by atoms with Crippen molar-refractivity contribution in [2.24, 2.45) is 0 Å². The van der Waals surface area contributed by atoms with Gasteiger partial charge in [-0.3, -0.25) is 9.59 Å². The van der Waals surface area contributed by atoms with Gasteiger partial charge in [-0.25, -0.2) is 4.79 Å². The number of benzene rings is 3. The zero-order valence-electron chi connectivity index (χ0n) is 19.1. The summed E-state index contributed by atoms with van der Waals surface area (Å²) in [5, 5.41) is 14.4. The maximum Gasteiger partial charge on any atom is 0.407 e. The molecule has 0 radical (unpaired) electrons. The van der Waals surface area contributed by atoms with Crippen LogP contribution in [0.25, 0.3) is 11.1 Å². The molecule has 0 heterocycles. The fraction of sp³-hybridized carbons (Fsp3) is 0.222. The third-order valence-corrected chi connectivity index (χ3v) is 7.20. The second kappa shape index (κ2) is 10.9. The molecule has 0 aliphatic heterocycles. The van der Waals surface area contributed by atoms with Crippen molar-refractivity contribution in [1.29, 1.82) is 0 Å².